The Bertz CT molecular complexity index is 831. The Hall–Kier alpha value is -2.85. The number of carboxylic acid groups (broad SMARTS) is 1. The first kappa shape index (κ1) is 31.2. The Morgan fingerprint density at radius 1 is 1.03 bits per heavy atom. The number of unbranched alkanes of at least 4 members (excludes halogenated alkanes) is 3. The highest BCUT2D eigenvalue weighted by Gasteiger charge is 2.18. The van der Waals surface area contributed by atoms with Gasteiger partial charge in [-0.2, -0.15) is 0 Å². The highest BCUT2D eigenvalue weighted by Crippen LogP contribution is 2.35. The van der Waals surface area contributed by atoms with Crippen LogP contribution in [-0.4, -0.2) is 68.0 Å². The molecule has 0 saturated heterocycles. The Balaban J connectivity index is 2.46. The number of pyridine rings is 1. The molecular weight excluding hydrogens is 462 g/mol. The molecule has 0 spiro atoms. The molecule has 10 heteroatoms. The maximum absolute atomic E-state index is 12.0. The third kappa shape index (κ3) is 12.2. The highest BCUT2D eigenvalue weighted by molar-refractivity contribution is 5.86. The van der Waals surface area contributed by atoms with Gasteiger partial charge >= 0.3 is 5.97 Å². The first-order valence-corrected chi connectivity index (χ1v) is 12.9. The van der Waals surface area contributed by atoms with E-state index in [9.17, 15) is 9.59 Å². The zero-order chi connectivity index (χ0) is 26.8. The van der Waals surface area contributed by atoms with E-state index in [1.807, 2.05) is 26.0 Å². The molecule has 204 valence electrons. The molecule has 0 fully saturated rings. The van der Waals surface area contributed by atoms with Crippen LogP contribution < -0.4 is 21.7 Å². The minimum Gasteiger partial charge on any atom is -0.481 e. The summed E-state index contributed by atoms with van der Waals surface area (Å²) >= 11 is 0. The van der Waals surface area contributed by atoms with E-state index >= 15 is 0 Å². The molecule has 1 amide bonds. The third-order valence-corrected chi connectivity index (χ3v) is 5.63. The predicted molar refractivity (Wildman–Crippen MR) is 145 cm³/mol. The summed E-state index contributed by atoms with van der Waals surface area (Å²) in [4.78, 5) is 29.1. The number of aryl methyl sites for hydroxylation is 1. The summed E-state index contributed by atoms with van der Waals surface area (Å²) in [5, 5.41) is 11.5. The molecule has 1 heterocycles. The van der Waals surface area contributed by atoms with Gasteiger partial charge in [-0.15, -0.1) is 0 Å². The Morgan fingerprint density at radius 2 is 1.67 bits per heavy atom. The number of hydrogen-bond acceptors (Lipinski definition) is 8. The van der Waals surface area contributed by atoms with Crippen LogP contribution >= 0.6 is 0 Å². The average molecular weight is 508 g/mol. The number of carbonyl (C=O) groups excluding carboxylic acids is 1. The summed E-state index contributed by atoms with van der Waals surface area (Å²) in [6.07, 6.45) is 9.34. The van der Waals surface area contributed by atoms with Gasteiger partial charge < -0.3 is 36.3 Å². The molecule has 0 unspecified atom stereocenters. The van der Waals surface area contributed by atoms with Crippen LogP contribution in [0.25, 0.3) is 6.08 Å². The molecule has 1 rings (SSSR count). The number of nitrogens with two attached hydrogens (primary N) is 2. The van der Waals surface area contributed by atoms with E-state index in [1.54, 1.807) is 0 Å². The second-order valence-electron chi connectivity index (χ2n) is 8.63. The van der Waals surface area contributed by atoms with Crippen molar-refractivity contribution < 1.29 is 24.2 Å². The molecule has 0 aliphatic carbocycles. The molecule has 0 aromatic carbocycles. The van der Waals surface area contributed by atoms with E-state index in [2.05, 4.69) is 22.1 Å². The molecule has 0 aliphatic heterocycles. The van der Waals surface area contributed by atoms with Gasteiger partial charge in [0, 0.05) is 37.3 Å². The number of amides is 1. The number of ether oxygens (including phenoxy) is 2. The zero-order valence-corrected chi connectivity index (χ0v) is 22.2. The largest absolute Gasteiger partial charge is 0.481 e. The van der Waals surface area contributed by atoms with E-state index in [4.69, 9.17) is 26.0 Å². The number of aliphatic carboxylic acids is 1. The van der Waals surface area contributed by atoms with Crippen molar-refractivity contribution in [1.82, 2.24) is 10.3 Å². The molecule has 10 nitrogen and oxygen atoms in total. The Morgan fingerprint density at radius 3 is 2.28 bits per heavy atom. The van der Waals surface area contributed by atoms with Crippen LogP contribution in [0.1, 0.15) is 70.1 Å². The van der Waals surface area contributed by atoms with Crippen LogP contribution in [0, 0.1) is 6.92 Å². The number of nitrogens with zero attached hydrogens (tertiary/aromatic N) is 2. The van der Waals surface area contributed by atoms with Gasteiger partial charge in [0.2, 0.25) is 5.91 Å². The van der Waals surface area contributed by atoms with E-state index in [-0.39, 0.29) is 25.4 Å². The number of aromatic nitrogens is 1. The van der Waals surface area contributed by atoms with Gasteiger partial charge in [0.1, 0.15) is 5.82 Å². The van der Waals surface area contributed by atoms with Crippen LogP contribution in [0.2, 0.25) is 0 Å². The first-order chi connectivity index (χ1) is 17.3. The minimum atomic E-state index is -0.892. The average Bonchev–Trinajstić information content (AvgIpc) is 2.83. The third-order valence-electron chi connectivity index (χ3n) is 5.63. The Labute approximate surface area is 215 Å². The molecule has 36 heavy (non-hydrogen) atoms. The normalized spacial score (nSPS) is 11.2. The summed E-state index contributed by atoms with van der Waals surface area (Å²) in [5.74, 6) is -0.590. The van der Waals surface area contributed by atoms with E-state index < -0.39 is 5.97 Å². The minimum absolute atomic E-state index is 0.0283. The molecule has 0 radical (unpaired) electrons. The number of carbonyl (C=O) groups is 2. The lowest BCUT2D eigenvalue weighted by Gasteiger charge is -2.29. The molecule has 6 N–H and O–H groups in total. The fourth-order valence-electron chi connectivity index (χ4n) is 3.72. The summed E-state index contributed by atoms with van der Waals surface area (Å²) < 4.78 is 10.5. The number of anilines is 3. The fraction of sp³-hybridized carbons (Fsp3) is 0.654. The van der Waals surface area contributed by atoms with Crippen molar-refractivity contribution in [3.63, 3.8) is 0 Å². The standard InChI is InChI=1S/C26H45N5O5/c1-4-6-8-14-31(25-21(10-5-2)20(3)30-26(28)24(25)27)15-9-7-13-29-22(32)11-16-35-18-19-36-17-12-23(33)34/h5,10H,4,6-9,11-19,27H2,1-3H3,(H2,28,30)(H,29,32)(H,33,34)/b10-5-. The SMILES string of the molecule is C/C=C\c1c(C)nc(N)c(N)c1N(CCCCC)CCCCNC(=O)CCOCCOCCC(=O)O. The van der Waals surface area contributed by atoms with E-state index in [0.717, 1.165) is 62.1 Å². The van der Waals surface area contributed by atoms with E-state index in [0.29, 0.717) is 37.9 Å². The van der Waals surface area contributed by atoms with Crippen LogP contribution in [0.5, 0.6) is 0 Å². The monoisotopic (exact) mass is 507 g/mol. The maximum Gasteiger partial charge on any atom is 0.305 e. The van der Waals surface area contributed by atoms with Gasteiger partial charge in [0.25, 0.3) is 0 Å². The molecular formula is C26H45N5O5. The second kappa shape index (κ2) is 18.4. The molecule has 0 saturated carbocycles. The predicted octanol–water partition coefficient (Wildman–Crippen LogP) is 3.38. The summed E-state index contributed by atoms with van der Waals surface area (Å²) in [5.41, 5.74) is 15.8. The fourth-order valence-corrected chi connectivity index (χ4v) is 3.72. The molecule has 1 aromatic rings. The number of allylic oxidation sites excluding steroid dienone is 1. The number of carboxylic acids is 1. The maximum atomic E-state index is 12.0. The van der Waals surface area contributed by atoms with Crippen molar-refractivity contribution in [2.75, 3.05) is 62.4 Å². The van der Waals surface area contributed by atoms with E-state index in [1.165, 1.54) is 0 Å². The Kier molecular flexibility index (Phi) is 16.0. The van der Waals surface area contributed by atoms with Crippen LogP contribution in [-0.2, 0) is 19.1 Å². The number of hydrogen-bond donors (Lipinski definition) is 4. The highest BCUT2D eigenvalue weighted by atomic mass is 16.5. The summed E-state index contributed by atoms with van der Waals surface area (Å²) in [6.45, 7) is 9.49. The molecule has 0 bridgehead atoms. The summed E-state index contributed by atoms with van der Waals surface area (Å²) in [7, 11) is 0. The lowest BCUT2D eigenvalue weighted by molar-refractivity contribution is -0.138. The van der Waals surface area contributed by atoms with Crippen molar-refractivity contribution >= 4 is 35.1 Å². The lowest BCUT2D eigenvalue weighted by Crippen LogP contribution is -2.30. The van der Waals surface area contributed by atoms with Crippen molar-refractivity contribution in [3.05, 3.63) is 17.3 Å². The quantitative estimate of drug-likeness (QED) is 0.194. The van der Waals surface area contributed by atoms with Gasteiger partial charge in [0.05, 0.1) is 44.2 Å². The number of rotatable bonds is 20. The molecule has 1 aromatic heterocycles. The lowest BCUT2D eigenvalue weighted by atomic mass is 10.1. The van der Waals surface area contributed by atoms with Crippen LogP contribution in [0.3, 0.4) is 0 Å². The second-order valence-corrected chi connectivity index (χ2v) is 8.63. The van der Waals surface area contributed by atoms with Crippen molar-refractivity contribution in [2.24, 2.45) is 0 Å². The van der Waals surface area contributed by atoms with Gasteiger partial charge in [-0.1, -0.05) is 31.9 Å². The summed E-state index contributed by atoms with van der Waals surface area (Å²) in [6, 6.07) is 0. The first-order valence-electron chi connectivity index (χ1n) is 12.9. The number of nitrogens with one attached hydrogen (secondary N) is 1. The van der Waals surface area contributed by atoms with Gasteiger partial charge in [-0.3, -0.25) is 9.59 Å². The van der Waals surface area contributed by atoms with Crippen LogP contribution in [0.4, 0.5) is 17.2 Å². The molecule has 0 atom stereocenters. The van der Waals surface area contributed by atoms with Crippen molar-refractivity contribution in [3.8, 4) is 0 Å². The van der Waals surface area contributed by atoms with Gasteiger partial charge in [-0.25, -0.2) is 4.98 Å². The number of nitrogen functional groups attached to an aromatic ring is 2. The topological polar surface area (TPSA) is 153 Å². The zero-order valence-electron chi connectivity index (χ0n) is 22.2. The van der Waals surface area contributed by atoms with Gasteiger partial charge in [-0.05, 0) is 33.1 Å². The van der Waals surface area contributed by atoms with Crippen LogP contribution in [0.15, 0.2) is 6.08 Å². The molecule has 0 aliphatic rings. The van der Waals surface area contributed by atoms with Crippen molar-refractivity contribution in [1.29, 1.82) is 0 Å². The van der Waals surface area contributed by atoms with Gasteiger partial charge in [0.15, 0.2) is 0 Å². The van der Waals surface area contributed by atoms with Crippen molar-refractivity contribution in [2.45, 2.75) is 65.7 Å². The smallest absolute Gasteiger partial charge is 0.305 e.